The Morgan fingerprint density at radius 1 is 1.17 bits per heavy atom. The summed E-state index contributed by atoms with van der Waals surface area (Å²) in [6.45, 7) is 0.976. The molecule has 0 unspecified atom stereocenters. The van der Waals surface area contributed by atoms with Crippen molar-refractivity contribution in [1.82, 2.24) is 0 Å². The van der Waals surface area contributed by atoms with Gasteiger partial charge in [-0.25, -0.2) is 0 Å². The van der Waals surface area contributed by atoms with Crippen LogP contribution in [0.4, 0.5) is 0 Å². The van der Waals surface area contributed by atoms with Gasteiger partial charge in [-0.1, -0.05) is 37.8 Å². The lowest BCUT2D eigenvalue weighted by Gasteiger charge is -2.01. The van der Waals surface area contributed by atoms with Crippen molar-refractivity contribution in [2.24, 2.45) is 0 Å². The summed E-state index contributed by atoms with van der Waals surface area (Å²) in [4.78, 5) is 0. The first-order valence-corrected chi connectivity index (χ1v) is 3.54. The van der Waals surface area contributed by atoms with Gasteiger partial charge >= 0.3 is 0 Å². The molecule has 2 nitrogen and oxygen atoms in total. The fourth-order valence-electron chi connectivity index (χ4n) is 0.817. The molecule has 0 fully saturated rings. The molecule has 2 heteroatoms. The topological polar surface area (TPSA) is 18.5 Å². The summed E-state index contributed by atoms with van der Waals surface area (Å²) in [7, 11) is 1.62. The second kappa shape index (κ2) is 6.83. The predicted molar refractivity (Wildman–Crippen MR) is 49.8 cm³/mol. The first-order chi connectivity index (χ1) is 5.43. The summed E-state index contributed by atoms with van der Waals surface area (Å²) in [5.74, 6) is 0. The van der Waals surface area contributed by atoms with E-state index in [0.717, 1.165) is 0 Å². The lowest BCUT2D eigenvalue weighted by atomic mass is 10.2. The molecule has 0 heterocycles. The highest BCUT2D eigenvalue weighted by molar-refractivity contribution is 5.13. The van der Waals surface area contributed by atoms with Crippen LogP contribution in [0, 0.1) is 0 Å². The molecule has 1 rings (SSSR count). The van der Waals surface area contributed by atoms with E-state index in [4.69, 9.17) is 9.47 Å². The van der Waals surface area contributed by atoms with Crippen LogP contribution in [0.2, 0.25) is 0 Å². The normalized spacial score (nSPS) is 9.08. The third kappa shape index (κ3) is 4.11. The van der Waals surface area contributed by atoms with Crippen LogP contribution in [0.5, 0.6) is 0 Å². The highest BCUT2D eigenvalue weighted by Gasteiger charge is 1.88. The molecule has 0 aliphatic rings. The third-order valence-corrected chi connectivity index (χ3v) is 1.31. The summed E-state index contributed by atoms with van der Waals surface area (Å²) in [5, 5.41) is 0. The minimum Gasteiger partial charge on any atom is -0.359 e. The minimum atomic E-state index is 0. The molecule has 0 spiro atoms. The summed E-state index contributed by atoms with van der Waals surface area (Å²) in [6.07, 6.45) is 0. The Bertz CT molecular complexity index is 184. The molecule has 0 aliphatic heterocycles. The standard InChI is InChI=1S/C9H12O2.CH4/c1-10-8-11-7-9-5-3-2-4-6-9;/h2-6H,7-8H2,1H3;1H4. The number of hydrogen-bond acceptors (Lipinski definition) is 2. The van der Waals surface area contributed by atoms with Gasteiger partial charge in [0, 0.05) is 7.11 Å². The molecule has 0 bridgehead atoms. The Morgan fingerprint density at radius 3 is 2.42 bits per heavy atom. The first kappa shape index (κ1) is 11.1. The Morgan fingerprint density at radius 2 is 1.83 bits per heavy atom. The molecule has 1 aromatic rings. The fourth-order valence-corrected chi connectivity index (χ4v) is 0.817. The zero-order valence-electron chi connectivity index (χ0n) is 6.62. The van der Waals surface area contributed by atoms with Crippen LogP contribution in [0.15, 0.2) is 30.3 Å². The monoisotopic (exact) mass is 168 g/mol. The van der Waals surface area contributed by atoms with Gasteiger partial charge in [0.15, 0.2) is 0 Å². The lowest BCUT2D eigenvalue weighted by molar-refractivity contribution is -0.0390. The largest absolute Gasteiger partial charge is 0.359 e. The van der Waals surface area contributed by atoms with Gasteiger partial charge in [-0.05, 0) is 5.56 Å². The molecule has 0 atom stereocenters. The van der Waals surface area contributed by atoms with E-state index in [-0.39, 0.29) is 7.43 Å². The van der Waals surface area contributed by atoms with Gasteiger partial charge in [-0.15, -0.1) is 0 Å². The molecule has 0 aromatic heterocycles. The van der Waals surface area contributed by atoms with Crippen LogP contribution in [-0.4, -0.2) is 13.9 Å². The van der Waals surface area contributed by atoms with Crippen molar-refractivity contribution in [3.8, 4) is 0 Å². The van der Waals surface area contributed by atoms with Gasteiger partial charge in [0.05, 0.1) is 6.61 Å². The zero-order valence-corrected chi connectivity index (χ0v) is 6.62. The van der Waals surface area contributed by atoms with E-state index >= 15 is 0 Å². The molecule has 0 aliphatic carbocycles. The number of hydrogen-bond donors (Lipinski definition) is 0. The van der Waals surface area contributed by atoms with Gasteiger partial charge in [0.1, 0.15) is 6.79 Å². The average Bonchev–Trinajstić information content (AvgIpc) is 2.07. The van der Waals surface area contributed by atoms with Crippen molar-refractivity contribution < 1.29 is 9.47 Å². The maximum atomic E-state index is 5.15. The molecule has 0 radical (unpaired) electrons. The lowest BCUT2D eigenvalue weighted by Crippen LogP contribution is -1.96. The van der Waals surface area contributed by atoms with Gasteiger partial charge in [0.25, 0.3) is 0 Å². The number of rotatable bonds is 4. The van der Waals surface area contributed by atoms with Gasteiger partial charge < -0.3 is 9.47 Å². The average molecular weight is 168 g/mol. The van der Waals surface area contributed by atoms with E-state index in [1.165, 1.54) is 5.56 Å². The molecular weight excluding hydrogens is 152 g/mol. The summed E-state index contributed by atoms with van der Waals surface area (Å²) < 4.78 is 9.89. The second-order valence-corrected chi connectivity index (χ2v) is 2.24. The Kier molecular flexibility index (Phi) is 6.34. The summed E-state index contributed by atoms with van der Waals surface area (Å²) in [6, 6.07) is 10.0. The number of methoxy groups -OCH3 is 1. The molecule has 0 saturated carbocycles. The van der Waals surface area contributed by atoms with Gasteiger partial charge in [-0.2, -0.15) is 0 Å². The van der Waals surface area contributed by atoms with Crippen molar-refractivity contribution in [3.05, 3.63) is 35.9 Å². The maximum Gasteiger partial charge on any atom is 0.146 e. The van der Waals surface area contributed by atoms with Crippen LogP contribution in [0.3, 0.4) is 0 Å². The molecular formula is C10H16O2. The van der Waals surface area contributed by atoms with Crippen molar-refractivity contribution in [2.75, 3.05) is 13.9 Å². The molecule has 0 N–H and O–H groups in total. The smallest absolute Gasteiger partial charge is 0.146 e. The van der Waals surface area contributed by atoms with Crippen LogP contribution in [0.25, 0.3) is 0 Å². The highest BCUT2D eigenvalue weighted by atomic mass is 16.7. The second-order valence-electron chi connectivity index (χ2n) is 2.24. The predicted octanol–water partition coefficient (Wildman–Crippen LogP) is 2.44. The van der Waals surface area contributed by atoms with Gasteiger partial charge in [0.2, 0.25) is 0 Å². The van der Waals surface area contributed by atoms with Crippen molar-refractivity contribution in [1.29, 1.82) is 0 Å². The Hall–Kier alpha value is -0.860. The molecule has 0 amide bonds. The van der Waals surface area contributed by atoms with E-state index < -0.39 is 0 Å². The van der Waals surface area contributed by atoms with Crippen molar-refractivity contribution >= 4 is 0 Å². The Balaban J connectivity index is 0.00000121. The molecule has 12 heavy (non-hydrogen) atoms. The fraction of sp³-hybridized carbons (Fsp3) is 0.400. The molecule has 0 saturated heterocycles. The number of benzene rings is 1. The molecule has 1 aromatic carbocycles. The highest BCUT2D eigenvalue weighted by Crippen LogP contribution is 1.99. The summed E-state index contributed by atoms with van der Waals surface area (Å²) >= 11 is 0. The quantitative estimate of drug-likeness (QED) is 0.508. The van der Waals surface area contributed by atoms with E-state index in [1.54, 1.807) is 7.11 Å². The first-order valence-electron chi connectivity index (χ1n) is 3.54. The van der Waals surface area contributed by atoms with E-state index in [2.05, 4.69) is 0 Å². The van der Waals surface area contributed by atoms with Crippen LogP contribution < -0.4 is 0 Å². The van der Waals surface area contributed by atoms with Crippen molar-refractivity contribution in [2.45, 2.75) is 14.0 Å². The van der Waals surface area contributed by atoms with Crippen LogP contribution >= 0.6 is 0 Å². The van der Waals surface area contributed by atoms with E-state index in [1.807, 2.05) is 30.3 Å². The minimum absolute atomic E-state index is 0. The molecule has 68 valence electrons. The van der Waals surface area contributed by atoms with Crippen molar-refractivity contribution in [3.63, 3.8) is 0 Å². The maximum absolute atomic E-state index is 5.15. The Labute approximate surface area is 74.1 Å². The van der Waals surface area contributed by atoms with E-state index in [0.29, 0.717) is 13.4 Å². The third-order valence-electron chi connectivity index (χ3n) is 1.31. The van der Waals surface area contributed by atoms with Crippen LogP contribution in [0.1, 0.15) is 13.0 Å². The number of ether oxygens (including phenoxy) is 2. The van der Waals surface area contributed by atoms with Gasteiger partial charge in [-0.3, -0.25) is 0 Å². The SMILES string of the molecule is C.COCOCc1ccccc1. The van der Waals surface area contributed by atoms with Crippen LogP contribution in [-0.2, 0) is 16.1 Å². The summed E-state index contributed by atoms with van der Waals surface area (Å²) in [5.41, 5.74) is 1.17. The van der Waals surface area contributed by atoms with E-state index in [9.17, 15) is 0 Å². The zero-order chi connectivity index (χ0) is 7.94.